The van der Waals surface area contributed by atoms with E-state index in [1.807, 2.05) is 36.4 Å². The molecule has 0 spiro atoms. The minimum Gasteiger partial charge on any atom is -0.410 e. The SMILES string of the molecule is COCn1c(=O)c2cccnc2c2ccc(C(C)O)cc21.COCn1c(=O)c2cccnc2c2ccc(C(C)O[Si](C)(C)C(C)(C)C)cc21. The number of hydrogen-bond acceptors (Lipinski definition) is 8. The molecule has 2 aromatic carbocycles. The second kappa shape index (κ2) is 14.3. The molecule has 1 N–H and O–H groups in total. The van der Waals surface area contributed by atoms with E-state index in [1.165, 1.54) is 0 Å². The zero-order valence-electron chi connectivity index (χ0n) is 29.8. The zero-order valence-corrected chi connectivity index (χ0v) is 30.8. The number of aromatic nitrogens is 4. The molecule has 0 saturated carbocycles. The molecule has 10 nitrogen and oxygen atoms in total. The lowest BCUT2D eigenvalue weighted by molar-refractivity contribution is 0.132. The molecule has 0 fully saturated rings. The van der Waals surface area contributed by atoms with Crippen LogP contribution in [-0.2, 0) is 27.4 Å². The number of ether oxygens (including phenoxy) is 2. The predicted molar refractivity (Wildman–Crippen MR) is 198 cm³/mol. The van der Waals surface area contributed by atoms with Crippen LogP contribution in [0.25, 0.3) is 43.6 Å². The summed E-state index contributed by atoms with van der Waals surface area (Å²) in [5.74, 6) is 0. The Morgan fingerprint density at radius 3 is 1.61 bits per heavy atom. The summed E-state index contributed by atoms with van der Waals surface area (Å²) in [4.78, 5) is 34.4. The third-order valence-electron chi connectivity index (χ3n) is 9.45. The third kappa shape index (κ3) is 7.08. The number of aliphatic hydroxyl groups excluding tert-OH is 1. The summed E-state index contributed by atoms with van der Waals surface area (Å²) in [6.07, 6.45) is 2.74. The molecule has 6 aromatic rings. The number of methoxy groups -OCH3 is 2. The van der Waals surface area contributed by atoms with Gasteiger partial charge in [0.2, 0.25) is 0 Å². The fourth-order valence-electron chi connectivity index (χ4n) is 5.75. The summed E-state index contributed by atoms with van der Waals surface area (Å²) in [6.45, 7) is 15.3. The summed E-state index contributed by atoms with van der Waals surface area (Å²) >= 11 is 0. The van der Waals surface area contributed by atoms with Crippen molar-refractivity contribution in [3.05, 3.63) is 105 Å². The maximum Gasteiger partial charge on any atom is 0.262 e. The van der Waals surface area contributed by atoms with Gasteiger partial charge in [-0.15, -0.1) is 0 Å². The quantitative estimate of drug-likeness (QED) is 0.130. The molecule has 0 saturated heterocycles. The fourth-order valence-corrected chi connectivity index (χ4v) is 7.13. The van der Waals surface area contributed by atoms with Gasteiger partial charge >= 0.3 is 0 Å². The lowest BCUT2D eigenvalue weighted by atomic mass is 10.1. The summed E-state index contributed by atoms with van der Waals surface area (Å²) in [5.41, 5.74) is 4.50. The first-order valence-electron chi connectivity index (χ1n) is 16.4. The molecule has 258 valence electrons. The van der Waals surface area contributed by atoms with E-state index in [2.05, 4.69) is 56.8 Å². The second-order valence-electron chi connectivity index (χ2n) is 13.9. The number of pyridine rings is 4. The highest BCUT2D eigenvalue weighted by molar-refractivity contribution is 6.74. The Bertz CT molecular complexity index is 2250. The molecule has 0 amide bonds. The van der Waals surface area contributed by atoms with Crippen molar-refractivity contribution in [2.75, 3.05) is 14.2 Å². The summed E-state index contributed by atoms with van der Waals surface area (Å²) in [5, 5.41) is 12.9. The van der Waals surface area contributed by atoms with E-state index >= 15 is 0 Å². The molecule has 0 aliphatic heterocycles. The van der Waals surface area contributed by atoms with Crippen molar-refractivity contribution >= 4 is 51.9 Å². The Labute approximate surface area is 287 Å². The van der Waals surface area contributed by atoms with E-state index in [0.29, 0.717) is 21.8 Å². The van der Waals surface area contributed by atoms with E-state index < -0.39 is 14.4 Å². The van der Waals surface area contributed by atoms with E-state index in [0.717, 1.165) is 32.9 Å². The van der Waals surface area contributed by atoms with Crippen LogP contribution in [-0.4, -0.2) is 46.7 Å². The zero-order chi connectivity index (χ0) is 35.7. The first kappa shape index (κ1) is 36.0. The molecule has 2 atom stereocenters. The van der Waals surface area contributed by atoms with Crippen LogP contribution in [0, 0.1) is 0 Å². The summed E-state index contributed by atoms with van der Waals surface area (Å²) < 4.78 is 20.2. The first-order chi connectivity index (χ1) is 23.2. The van der Waals surface area contributed by atoms with Crippen molar-refractivity contribution in [2.45, 2.75) is 78.4 Å². The Balaban J connectivity index is 0.000000199. The van der Waals surface area contributed by atoms with Crippen molar-refractivity contribution in [2.24, 2.45) is 0 Å². The van der Waals surface area contributed by atoms with Gasteiger partial charge in [0.15, 0.2) is 8.32 Å². The average molecular weight is 683 g/mol. The lowest BCUT2D eigenvalue weighted by Crippen LogP contribution is -2.41. The van der Waals surface area contributed by atoms with E-state index in [-0.39, 0.29) is 35.7 Å². The Kier molecular flexibility index (Phi) is 10.5. The van der Waals surface area contributed by atoms with Gasteiger partial charge in [-0.05, 0) is 79.5 Å². The highest BCUT2D eigenvalue weighted by Gasteiger charge is 2.38. The van der Waals surface area contributed by atoms with Gasteiger partial charge in [0.25, 0.3) is 11.1 Å². The number of fused-ring (bicyclic) bond motifs is 6. The van der Waals surface area contributed by atoms with E-state index in [4.69, 9.17) is 13.9 Å². The molecule has 0 aliphatic carbocycles. The van der Waals surface area contributed by atoms with Crippen LogP contribution in [0.4, 0.5) is 0 Å². The van der Waals surface area contributed by atoms with Gasteiger partial charge in [-0.3, -0.25) is 28.7 Å². The van der Waals surface area contributed by atoms with Crippen molar-refractivity contribution in [1.82, 2.24) is 19.1 Å². The molecule has 49 heavy (non-hydrogen) atoms. The van der Waals surface area contributed by atoms with Crippen molar-refractivity contribution in [1.29, 1.82) is 0 Å². The van der Waals surface area contributed by atoms with Crippen LogP contribution in [0.15, 0.2) is 82.6 Å². The van der Waals surface area contributed by atoms with E-state index in [9.17, 15) is 14.7 Å². The Hall–Kier alpha value is -4.26. The van der Waals surface area contributed by atoms with Crippen LogP contribution in [0.5, 0.6) is 0 Å². The lowest BCUT2D eigenvalue weighted by Gasteiger charge is -2.38. The van der Waals surface area contributed by atoms with Gasteiger partial charge in [0.1, 0.15) is 13.5 Å². The topological polar surface area (TPSA) is 118 Å². The largest absolute Gasteiger partial charge is 0.410 e. The molecule has 0 radical (unpaired) electrons. The fraction of sp³-hybridized carbons (Fsp3) is 0.368. The summed E-state index contributed by atoms with van der Waals surface area (Å²) in [7, 11) is 1.23. The van der Waals surface area contributed by atoms with Gasteiger partial charge in [0.05, 0.1) is 45.0 Å². The highest BCUT2D eigenvalue weighted by Crippen LogP contribution is 2.40. The van der Waals surface area contributed by atoms with Gasteiger partial charge in [-0.25, -0.2) is 0 Å². The molecule has 11 heteroatoms. The monoisotopic (exact) mass is 682 g/mol. The van der Waals surface area contributed by atoms with Crippen LogP contribution >= 0.6 is 0 Å². The maximum absolute atomic E-state index is 13.0. The second-order valence-corrected chi connectivity index (χ2v) is 18.6. The number of hydrogen-bond donors (Lipinski definition) is 1. The minimum atomic E-state index is -1.91. The molecular weight excluding hydrogens is 637 g/mol. The number of rotatable bonds is 8. The van der Waals surface area contributed by atoms with Gasteiger partial charge in [0, 0.05) is 37.4 Å². The molecule has 4 heterocycles. The molecule has 2 unspecified atom stereocenters. The summed E-state index contributed by atoms with van der Waals surface area (Å²) in [6, 6.07) is 18.8. The van der Waals surface area contributed by atoms with Gasteiger partial charge < -0.3 is 19.0 Å². The van der Waals surface area contributed by atoms with Crippen molar-refractivity contribution in [3.63, 3.8) is 0 Å². The van der Waals surface area contributed by atoms with Gasteiger partial charge in [-0.1, -0.05) is 45.0 Å². The van der Waals surface area contributed by atoms with Crippen LogP contribution in [0.3, 0.4) is 0 Å². The van der Waals surface area contributed by atoms with E-state index in [1.54, 1.807) is 60.9 Å². The predicted octanol–water partition coefficient (Wildman–Crippen LogP) is 7.44. The van der Waals surface area contributed by atoms with Crippen LogP contribution < -0.4 is 11.1 Å². The molecule has 6 rings (SSSR count). The highest BCUT2D eigenvalue weighted by atomic mass is 28.4. The number of benzene rings is 2. The molecule has 0 bridgehead atoms. The smallest absolute Gasteiger partial charge is 0.262 e. The maximum atomic E-state index is 13.0. The Morgan fingerprint density at radius 2 is 1.18 bits per heavy atom. The third-order valence-corrected chi connectivity index (χ3v) is 14.0. The minimum absolute atomic E-state index is 0.0594. The molecule has 0 aliphatic rings. The normalized spacial score (nSPS) is 13.5. The molecule has 4 aromatic heterocycles. The first-order valence-corrected chi connectivity index (χ1v) is 19.3. The van der Waals surface area contributed by atoms with Crippen LogP contribution in [0.2, 0.25) is 18.1 Å². The van der Waals surface area contributed by atoms with Crippen LogP contribution in [0.1, 0.15) is 58.0 Å². The van der Waals surface area contributed by atoms with Crippen molar-refractivity contribution < 1.29 is 19.0 Å². The average Bonchev–Trinajstić information content (AvgIpc) is 3.07. The number of nitrogens with zero attached hydrogens (tertiary/aromatic N) is 4. The number of aliphatic hydroxyl groups is 1. The van der Waals surface area contributed by atoms with Crippen molar-refractivity contribution in [3.8, 4) is 0 Å². The standard InChI is InChI=1S/C22H30N2O3Si.C16H16N2O3/c1-15(27-28(6,7)22(2,3)4)16-10-11-17-19(13-16)24(14-26-5)21(25)18-9-8-12-23-20(17)18;1-10(19)11-5-6-12-14(8-11)18(9-21-2)16(20)13-4-3-7-17-15(12)13/h8-13,15H,14H2,1-7H3;3-8,10,19H,9H2,1-2H3. The molecular formula is C38H46N4O6Si. The Morgan fingerprint density at radius 1 is 0.735 bits per heavy atom. The van der Waals surface area contributed by atoms with Gasteiger partial charge in [-0.2, -0.15) is 0 Å².